The topological polar surface area (TPSA) is 456 Å². The van der Waals surface area contributed by atoms with Crippen LogP contribution in [0.1, 0.15) is 296 Å². The van der Waals surface area contributed by atoms with Crippen molar-refractivity contribution in [1.29, 1.82) is 0 Å². The van der Waals surface area contributed by atoms with E-state index in [9.17, 15) is 76.7 Å². The summed E-state index contributed by atoms with van der Waals surface area (Å²) in [4.78, 5) is 222. The highest BCUT2D eigenvalue weighted by Gasteiger charge is 2.72. The molecule has 1 saturated carbocycles. The second-order valence-corrected chi connectivity index (χ2v) is 37.5. The number of esters is 10. The van der Waals surface area contributed by atoms with Crippen molar-refractivity contribution in [2.24, 2.45) is 17.8 Å². The lowest BCUT2D eigenvalue weighted by atomic mass is 9.78. The van der Waals surface area contributed by atoms with Crippen LogP contribution in [0.15, 0.2) is 22.8 Å². The highest BCUT2D eigenvalue weighted by atomic mass is 16.6. The zero-order valence-electron chi connectivity index (χ0n) is 76.0. The van der Waals surface area contributed by atoms with E-state index in [1.165, 1.54) is 69.4 Å². The van der Waals surface area contributed by atoms with Crippen LogP contribution in [0.25, 0.3) is 0 Å². The van der Waals surface area contributed by atoms with Crippen LogP contribution >= 0.6 is 0 Å². The van der Waals surface area contributed by atoms with Gasteiger partial charge in [0.05, 0.1) is 24.2 Å². The van der Waals surface area contributed by atoms with E-state index >= 15 is 0 Å². The van der Waals surface area contributed by atoms with Crippen LogP contribution in [-0.2, 0) is 129 Å². The predicted molar refractivity (Wildman–Crippen MR) is 435 cm³/mol. The van der Waals surface area contributed by atoms with Gasteiger partial charge in [-0.15, -0.1) is 0 Å². The Morgan fingerprint density at radius 2 is 0.950 bits per heavy atom. The largest absolute Gasteiger partial charge is 0.460 e. The molecule has 0 bridgehead atoms. The molecule has 34 heteroatoms. The first kappa shape index (κ1) is 105. The number of fused-ring (bicyclic) bond motifs is 3. The van der Waals surface area contributed by atoms with Crippen molar-refractivity contribution in [1.82, 2.24) is 31.9 Å². The molecule has 1 aliphatic heterocycles. The minimum absolute atomic E-state index is 0.00180. The molecule has 120 heavy (non-hydrogen) atoms. The van der Waals surface area contributed by atoms with E-state index in [2.05, 4.69) is 38.8 Å². The van der Waals surface area contributed by atoms with Gasteiger partial charge in [0.2, 0.25) is 29.5 Å². The van der Waals surface area contributed by atoms with E-state index < -0.39 is 257 Å². The molecule has 2 aliphatic carbocycles. The molecule has 6 amide bonds. The Kier molecular flexibility index (Phi) is 38.9. The number of unbranched alkanes of at least 4 members (excludes halogenated alkanes) is 4. The van der Waals surface area contributed by atoms with Crippen molar-refractivity contribution in [3.8, 4) is 0 Å². The molecular weight excluding hydrogens is 1560 g/mol. The number of carbonyl (C=O) groups is 16. The van der Waals surface area contributed by atoms with Gasteiger partial charge in [0.25, 0.3) is 0 Å². The molecule has 0 radical (unpaired) electrons. The van der Waals surface area contributed by atoms with E-state index in [-0.39, 0.29) is 49.7 Å². The number of allylic oxidation sites excluding steroid dienone is 1. The summed E-state index contributed by atoms with van der Waals surface area (Å²) in [5, 5.41) is 15.2. The first-order chi connectivity index (χ1) is 55.0. The number of ether oxygens (including phenoxy) is 12. The van der Waals surface area contributed by atoms with Crippen molar-refractivity contribution >= 4 is 95.3 Å². The van der Waals surface area contributed by atoms with E-state index in [1.807, 2.05) is 0 Å². The van der Waals surface area contributed by atoms with E-state index in [0.29, 0.717) is 12.0 Å². The fourth-order valence-electron chi connectivity index (χ4n) is 14.0. The minimum atomic E-state index is -1.87. The Morgan fingerprint density at radius 3 is 1.37 bits per heavy atom. The van der Waals surface area contributed by atoms with Gasteiger partial charge in [-0.05, 0) is 216 Å². The smallest absolute Gasteiger partial charge is 0.408 e. The summed E-state index contributed by atoms with van der Waals surface area (Å²) >= 11 is 0. The summed E-state index contributed by atoms with van der Waals surface area (Å²) in [5.41, 5.74) is -9.20. The van der Waals surface area contributed by atoms with Gasteiger partial charge in [0.15, 0.2) is 23.9 Å². The van der Waals surface area contributed by atoms with E-state index in [0.717, 1.165) is 32.6 Å². The van der Waals surface area contributed by atoms with E-state index in [1.54, 1.807) is 117 Å². The molecule has 680 valence electrons. The first-order valence-corrected chi connectivity index (χ1v) is 41.5. The lowest BCUT2D eigenvalue weighted by molar-refractivity contribution is -0.199. The molecule has 0 aromatic heterocycles. The molecule has 3 rings (SSSR count). The van der Waals surface area contributed by atoms with Crippen LogP contribution in [0.5, 0.6) is 0 Å². The molecule has 0 aromatic carbocycles. The molecule has 1 heterocycles. The van der Waals surface area contributed by atoms with Gasteiger partial charge in [-0.1, -0.05) is 45.6 Å². The minimum Gasteiger partial charge on any atom is -0.460 e. The van der Waals surface area contributed by atoms with Crippen LogP contribution in [0.3, 0.4) is 0 Å². The summed E-state index contributed by atoms with van der Waals surface area (Å²) in [6.07, 6.45) is -5.95. The summed E-state index contributed by atoms with van der Waals surface area (Å²) in [5.74, 6) is -16.3. The Morgan fingerprint density at radius 1 is 0.517 bits per heavy atom. The van der Waals surface area contributed by atoms with Gasteiger partial charge in [-0.3, -0.25) is 47.9 Å². The standard InChI is InChI=1S/C86H138N6O28/c1-29-31-32-33-34-35-63(98)111-68-66-65(50(6)67(68)112-71(101)47(3)30-2)69-86(109-28,51(7)73(103)113-69)58(46-85(66,27)114-52(8)93)110-72(102)48(4)44-49(5)87-62(97)45-57(92-78(108)120-84(24,25)26)70(100)91-56(77(107)119-83(21,22)23)38-42-61(96)89-54(75(105)117-81(15,16)17)36-40-59(94)88-53(74(104)116-80(12,13)14)37-41-60(95)90-55(76(106)118-82(18,19)20)39-43-64(99)115-79(9,10)11/h30,48-49,51,53-58,66-69H,29,31-46H2,1-28H3,(H,87,97)(H,88,94)(H,89,96)(H,90,95)(H,91,100)(H,92,108). The predicted octanol–water partition coefficient (Wildman–Crippen LogP) is 9.25. The van der Waals surface area contributed by atoms with Gasteiger partial charge in [-0.2, -0.15) is 0 Å². The van der Waals surface area contributed by atoms with Crippen molar-refractivity contribution in [3.05, 3.63) is 22.8 Å². The Balaban J connectivity index is 1.96. The van der Waals surface area contributed by atoms with Gasteiger partial charge < -0.3 is 88.7 Å². The SMILES string of the molecule is CC=C(C)C(=O)OC1C(C)=C2C(C1OC(=O)CCCCCCC)C(C)(OC(C)=O)CC(OC(=O)C(C)CC(C)NC(=O)CC(NC(=O)OC(C)(C)C)C(=O)NC(CCC(=O)NC(CCC(=O)NC(CCC(=O)NC(CCC(=O)OC(C)(C)C)C(=O)OC(C)(C)C)C(=O)OC(C)(C)C)C(=O)OC(C)(C)C)C(=O)OC(C)(C)C)C1(OC)C(C)C(=O)OC21. The van der Waals surface area contributed by atoms with Crippen molar-refractivity contribution in [3.63, 3.8) is 0 Å². The highest BCUT2D eigenvalue weighted by Crippen LogP contribution is 2.58. The lowest BCUT2D eigenvalue weighted by Crippen LogP contribution is -2.57. The second kappa shape index (κ2) is 44.5. The monoisotopic (exact) mass is 1700 g/mol. The van der Waals surface area contributed by atoms with Crippen LogP contribution in [-0.4, -0.2) is 208 Å². The zero-order chi connectivity index (χ0) is 91.9. The Bertz CT molecular complexity index is 3730. The third-order valence-corrected chi connectivity index (χ3v) is 19.3. The third kappa shape index (κ3) is 34.7. The molecule has 1 saturated heterocycles. The summed E-state index contributed by atoms with van der Waals surface area (Å²) in [6.45, 7) is 42.6. The van der Waals surface area contributed by atoms with Gasteiger partial charge in [0.1, 0.15) is 75.5 Å². The van der Waals surface area contributed by atoms with Gasteiger partial charge >= 0.3 is 65.8 Å². The summed E-state index contributed by atoms with van der Waals surface area (Å²) in [7, 11) is 1.30. The molecule has 15 atom stereocenters. The van der Waals surface area contributed by atoms with Gasteiger partial charge in [0, 0.05) is 64.2 Å². The number of amides is 6. The number of nitrogens with one attached hydrogen (secondary N) is 6. The molecule has 6 N–H and O–H groups in total. The van der Waals surface area contributed by atoms with Crippen molar-refractivity contribution in [2.75, 3.05) is 7.11 Å². The Labute approximate surface area is 707 Å². The molecule has 34 nitrogen and oxygen atoms in total. The number of rotatable bonds is 40. The zero-order valence-corrected chi connectivity index (χ0v) is 76.0. The Hall–Kier alpha value is -9.24. The number of carbonyl (C=O) groups excluding carboxylic acids is 16. The molecular formula is C86H138N6O28. The third-order valence-electron chi connectivity index (χ3n) is 19.3. The number of methoxy groups -OCH3 is 1. The fourth-order valence-corrected chi connectivity index (χ4v) is 14.0. The molecule has 0 spiro atoms. The van der Waals surface area contributed by atoms with Crippen LogP contribution in [0.2, 0.25) is 0 Å². The summed E-state index contributed by atoms with van der Waals surface area (Å²) < 4.78 is 71.0. The molecule has 2 fully saturated rings. The fraction of sp³-hybridized carbons (Fsp3) is 0.767. The van der Waals surface area contributed by atoms with Crippen LogP contribution < -0.4 is 31.9 Å². The quantitative estimate of drug-likeness (QED) is 0.0109. The second-order valence-electron chi connectivity index (χ2n) is 37.5. The summed E-state index contributed by atoms with van der Waals surface area (Å²) in [6, 6.07) is -8.82. The first-order valence-electron chi connectivity index (χ1n) is 41.5. The molecule has 3 aliphatic rings. The molecule has 15 unspecified atom stereocenters. The maximum Gasteiger partial charge on any atom is 0.408 e. The maximum atomic E-state index is 14.8. The lowest BCUT2D eigenvalue weighted by Gasteiger charge is -2.42. The number of hydrogen-bond acceptors (Lipinski definition) is 28. The normalized spacial score (nSPS) is 21.8. The average molecular weight is 1700 g/mol. The maximum absolute atomic E-state index is 14.8. The number of alkyl carbamates (subject to hydrolysis) is 1. The average Bonchev–Trinajstić information content (AvgIpc) is 1.53. The highest BCUT2D eigenvalue weighted by molar-refractivity contribution is 5.94. The van der Waals surface area contributed by atoms with Crippen molar-refractivity contribution in [2.45, 2.75) is 402 Å². The molecule has 0 aromatic rings. The van der Waals surface area contributed by atoms with Crippen LogP contribution in [0.4, 0.5) is 4.79 Å². The van der Waals surface area contributed by atoms with Gasteiger partial charge in [-0.25, -0.2) is 28.8 Å². The van der Waals surface area contributed by atoms with E-state index in [4.69, 9.17) is 56.8 Å². The number of hydrogen-bond donors (Lipinski definition) is 6. The van der Waals surface area contributed by atoms with Crippen molar-refractivity contribution < 1.29 is 134 Å². The van der Waals surface area contributed by atoms with Crippen LogP contribution in [0, 0.1) is 17.8 Å².